The third-order valence-electron chi connectivity index (χ3n) is 3.26. The lowest BCUT2D eigenvalue weighted by molar-refractivity contribution is -0.122. The van der Waals surface area contributed by atoms with Gasteiger partial charge < -0.3 is 14.8 Å². The quantitative estimate of drug-likeness (QED) is 0.850. The maximum atomic E-state index is 12.0. The van der Waals surface area contributed by atoms with E-state index in [-0.39, 0.29) is 18.4 Å². The highest BCUT2D eigenvalue weighted by molar-refractivity contribution is 5.77. The van der Waals surface area contributed by atoms with Crippen molar-refractivity contribution < 1.29 is 14.3 Å². The lowest BCUT2D eigenvalue weighted by Crippen LogP contribution is -2.31. The summed E-state index contributed by atoms with van der Waals surface area (Å²) in [6.45, 7) is 1.83. The van der Waals surface area contributed by atoms with Crippen LogP contribution in [-0.4, -0.2) is 17.6 Å². The number of hydrogen-bond donors (Lipinski definition) is 2. The standard InChI is InChI=1S/C16H19NO3/c1-12(13-6-3-2-4-7-13)10-16(19)17-14(11-18)15-8-5-9-20-15/h2-9,12,14,18H,10-11H2,1H3,(H,17,19). The number of hydrogen-bond acceptors (Lipinski definition) is 3. The molecule has 2 aromatic rings. The van der Waals surface area contributed by atoms with E-state index < -0.39 is 6.04 Å². The molecule has 0 aliphatic carbocycles. The summed E-state index contributed by atoms with van der Waals surface area (Å²) >= 11 is 0. The average molecular weight is 273 g/mol. The molecule has 4 nitrogen and oxygen atoms in total. The Hall–Kier alpha value is -2.07. The van der Waals surface area contributed by atoms with Gasteiger partial charge in [-0.25, -0.2) is 0 Å². The zero-order valence-electron chi connectivity index (χ0n) is 11.5. The van der Waals surface area contributed by atoms with Crippen molar-refractivity contribution in [3.63, 3.8) is 0 Å². The van der Waals surface area contributed by atoms with Crippen molar-refractivity contribution in [1.29, 1.82) is 0 Å². The molecule has 1 aromatic heterocycles. The number of aliphatic hydroxyl groups excluding tert-OH is 1. The van der Waals surface area contributed by atoms with E-state index in [9.17, 15) is 9.90 Å². The van der Waals surface area contributed by atoms with Crippen LogP contribution in [0.4, 0.5) is 0 Å². The first-order chi connectivity index (χ1) is 9.70. The molecule has 2 atom stereocenters. The summed E-state index contributed by atoms with van der Waals surface area (Å²) in [5.41, 5.74) is 1.13. The summed E-state index contributed by atoms with van der Waals surface area (Å²) < 4.78 is 5.20. The number of carbonyl (C=O) groups excluding carboxylic acids is 1. The summed E-state index contributed by atoms with van der Waals surface area (Å²) in [7, 11) is 0. The van der Waals surface area contributed by atoms with Crippen molar-refractivity contribution >= 4 is 5.91 Å². The van der Waals surface area contributed by atoms with Crippen LogP contribution >= 0.6 is 0 Å². The van der Waals surface area contributed by atoms with E-state index >= 15 is 0 Å². The van der Waals surface area contributed by atoms with E-state index in [1.807, 2.05) is 37.3 Å². The number of amides is 1. The molecule has 0 saturated heterocycles. The van der Waals surface area contributed by atoms with Gasteiger partial charge in [0.05, 0.1) is 12.9 Å². The molecule has 4 heteroatoms. The van der Waals surface area contributed by atoms with E-state index in [0.717, 1.165) is 5.56 Å². The molecular formula is C16H19NO3. The van der Waals surface area contributed by atoms with Gasteiger partial charge in [-0.3, -0.25) is 4.79 Å². The predicted molar refractivity (Wildman–Crippen MR) is 76.2 cm³/mol. The fraction of sp³-hybridized carbons (Fsp3) is 0.312. The Bertz CT molecular complexity index is 522. The van der Waals surface area contributed by atoms with Crippen LogP contribution in [0.3, 0.4) is 0 Å². The smallest absolute Gasteiger partial charge is 0.221 e. The van der Waals surface area contributed by atoms with E-state index in [0.29, 0.717) is 12.2 Å². The highest BCUT2D eigenvalue weighted by Gasteiger charge is 2.18. The monoisotopic (exact) mass is 273 g/mol. The van der Waals surface area contributed by atoms with Crippen LogP contribution in [0.25, 0.3) is 0 Å². The normalized spacial score (nSPS) is 13.7. The molecule has 0 aliphatic heterocycles. The number of carbonyl (C=O) groups is 1. The van der Waals surface area contributed by atoms with Gasteiger partial charge in [-0.05, 0) is 23.6 Å². The molecule has 0 saturated carbocycles. The predicted octanol–water partition coefficient (Wildman–Crippen LogP) is 2.62. The third kappa shape index (κ3) is 3.71. The fourth-order valence-electron chi connectivity index (χ4n) is 2.13. The van der Waals surface area contributed by atoms with Gasteiger partial charge in [0.15, 0.2) is 0 Å². The van der Waals surface area contributed by atoms with Crippen molar-refractivity contribution in [2.75, 3.05) is 6.61 Å². The lowest BCUT2D eigenvalue weighted by atomic mass is 9.97. The molecule has 2 rings (SSSR count). The van der Waals surface area contributed by atoms with Crippen LogP contribution in [0, 0.1) is 0 Å². The van der Waals surface area contributed by atoms with Gasteiger partial charge in [-0.1, -0.05) is 37.3 Å². The summed E-state index contributed by atoms with van der Waals surface area (Å²) in [6, 6.07) is 12.9. The minimum Gasteiger partial charge on any atom is -0.467 e. The topological polar surface area (TPSA) is 62.5 Å². The Morgan fingerprint density at radius 2 is 2.00 bits per heavy atom. The zero-order chi connectivity index (χ0) is 14.4. The summed E-state index contributed by atoms with van der Waals surface area (Å²) in [6.07, 6.45) is 1.90. The zero-order valence-corrected chi connectivity index (χ0v) is 11.5. The highest BCUT2D eigenvalue weighted by atomic mass is 16.3. The van der Waals surface area contributed by atoms with Crippen LogP contribution in [0.15, 0.2) is 53.1 Å². The lowest BCUT2D eigenvalue weighted by Gasteiger charge is -2.16. The molecule has 0 bridgehead atoms. The van der Waals surface area contributed by atoms with Crippen LogP contribution in [0.5, 0.6) is 0 Å². The van der Waals surface area contributed by atoms with E-state index in [2.05, 4.69) is 5.32 Å². The minimum atomic E-state index is -0.486. The molecule has 0 spiro atoms. The Morgan fingerprint density at radius 1 is 1.25 bits per heavy atom. The SMILES string of the molecule is CC(CC(=O)NC(CO)c1ccco1)c1ccccc1. The van der Waals surface area contributed by atoms with E-state index in [1.165, 1.54) is 6.26 Å². The summed E-state index contributed by atoms with van der Waals surface area (Å²) in [4.78, 5) is 12.0. The summed E-state index contributed by atoms with van der Waals surface area (Å²) in [5.74, 6) is 0.595. The van der Waals surface area contributed by atoms with Gasteiger partial charge in [-0.2, -0.15) is 0 Å². The second-order valence-electron chi connectivity index (χ2n) is 4.83. The number of aliphatic hydroxyl groups is 1. The Balaban J connectivity index is 1.92. The van der Waals surface area contributed by atoms with Crippen molar-refractivity contribution in [2.45, 2.75) is 25.3 Å². The Labute approximate surface area is 118 Å². The van der Waals surface area contributed by atoms with Crippen LogP contribution in [-0.2, 0) is 4.79 Å². The highest BCUT2D eigenvalue weighted by Crippen LogP contribution is 2.19. The third-order valence-corrected chi connectivity index (χ3v) is 3.26. The average Bonchev–Trinajstić information content (AvgIpc) is 2.99. The Kier molecular flexibility index (Phi) is 4.96. The van der Waals surface area contributed by atoms with Crippen molar-refractivity contribution in [1.82, 2.24) is 5.32 Å². The summed E-state index contributed by atoms with van der Waals surface area (Å²) in [5, 5.41) is 12.1. The number of nitrogens with one attached hydrogen (secondary N) is 1. The molecule has 0 aliphatic rings. The van der Waals surface area contributed by atoms with Gasteiger partial charge >= 0.3 is 0 Å². The van der Waals surface area contributed by atoms with Gasteiger partial charge in [0.2, 0.25) is 5.91 Å². The minimum absolute atomic E-state index is 0.100. The largest absolute Gasteiger partial charge is 0.467 e. The van der Waals surface area contributed by atoms with E-state index in [1.54, 1.807) is 12.1 Å². The molecule has 2 N–H and O–H groups in total. The maximum Gasteiger partial charge on any atom is 0.221 e. The van der Waals surface area contributed by atoms with Gasteiger partial charge in [0, 0.05) is 6.42 Å². The molecular weight excluding hydrogens is 254 g/mol. The number of furan rings is 1. The van der Waals surface area contributed by atoms with Crippen LogP contribution < -0.4 is 5.32 Å². The fourth-order valence-corrected chi connectivity index (χ4v) is 2.13. The molecule has 106 valence electrons. The van der Waals surface area contributed by atoms with Crippen molar-refractivity contribution in [3.05, 3.63) is 60.1 Å². The van der Waals surface area contributed by atoms with Gasteiger partial charge in [0.1, 0.15) is 11.8 Å². The molecule has 0 radical (unpaired) electrons. The van der Waals surface area contributed by atoms with Crippen LogP contribution in [0.1, 0.15) is 36.6 Å². The van der Waals surface area contributed by atoms with Gasteiger partial charge in [-0.15, -0.1) is 0 Å². The van der Waals surface area contributed by atoms with Crippen molar-refractivity contribution in [3.8, 4) is 0 Å². The van der Waals surface area contributed by atoms with Gasteiger partial charge in [0.25, 0.3) is 0 Å². The molecule has 1 heterocycles. The Morgan fingerprint density at radius 3 is 2.60 bits per heavy atom. The number of rotatable bonds is 6. The molecule has 0 fully saturated rings. The second kappa shape index (κ2) is 6.91. The van der Waals surface area contributed by atoms with Crippen molar-refractivity contribution in [2.24, 2.45) is 0 Å². The van der Waals surface area contributed by atoms with Crippen LogP contribution in [0.2, 0.25) is 0 Å². The number of benzene rings is 1. The molecule has 1 aromatic carbocycles. The first-order valence-corrected chi connectivity index (χ1v) is 6.69. The first kappa shape index (κ1) is 14.3. The molecule has 1 amide bonds. The molecule has 20 heavy (non-hydrogen) atoms. The molecule has 2 unspecified atom stereocenters. The first-order valence-electron chi connectivity index (χ1n) is 6.69. The second-order valence-corrected chi connectivity index (χ2v) is 4.83. The van der Waals surface area contributed by atoms with E-state index in [4.69, 9.17) is 4.42 Å². The maximum absolute atomic E-state index is 12.0.